The van der Waals surface area contributed by atoms with Crippen molar-refractivity contribution in [3.63, 3.8) is 0 Å². The van der Waals surface area contributed by atoms with Gasteiger partial charge in [-0.1, -0.05) is 48.5 Å². The summed E-state index contributed by atoms with van der Waals surface area (Å²) in [6.45, 7) is 0. The van der Waals surface area contributed by atoms with E-state index in [0.717, 1.165) is 4.68 Å². The fraction of sp³-hybridized carbons (Fsp3) is 0. The van der Waals surface area contributed by atoms with E-state index in [2.05, 4.69) is 10.1 Å². The Hall–Kier alpha value is -3.93. The van der Waals surface area contributed by atoms with Crippen molar-refractivity contribution in [3.8, 4) is 0 Å². The molecule has 3 aromatic carbocycles. The predicted molar refractivity (Wildman–Crippen MR) is 111 cm³/mol. The molecule has 0 atom stereocenters. The average Bonchev–Trinajstić information content (AvgIpc) is 2.74. The predicted octanol–water partition coefficient (Wildman–Crippen LogP) is 4.73. The molecule has 0 bridgehead atoms. The van der Waals surface area contributed by atoms with Crippen LogP contribution in [0.2, 0.25) is 0 Å². The minimum atomic E-state index is -0.457. The molecule has 1 heterocycles. The molecule has 0 fully saturated rings. The first-order valence-electron chi connectivity index (χ1n) is 8.87. The monoisotopic (exact) mass is 387 g/mol. The summed E-state index contributed by atoms with van der Waals surface area (Å²) >= 11 is 0. The molecule has 0 aliphatic carbocycles. The van der Waals surface area contributed by atoms with Crippen LogP contribution in [0.5, 0.6) is 0 Å². The van der Waals surface area contributed by atoms with Crippen LogP contribution in [0.4, 0.5) is 8.78 Å². The Balaban J connectivity index is 1.86. The molecular weight excluding hydrogens is 372 g/mol. The first kappa shape index (κ1) is 18.4. The number of aromatic nitrogens is 2. The zero-order chi connectivity index (χ0) is 20.2. The highest BCUT2D eigenvalue weighted by Gasteiger charge is 2.09. The average molecular weight is 387 g/mol. The second-order valence-electron chi connectivity index (χ2n) is 6.23. The van der Waals surface area contributed by atoms with E-state index in [9.17, 15) is 13.6 Å². The van der Waals surface area contributed by atoms with Gasteiger partial charge in [0.05, 0.1) is 17.1 Å². The third kappa shape index (κ3) is 3.87. The molecule has 0 amide bonds. The molecule has 142 valence electrons. The smallest absolute Gasteiger partial charge is 0.267 e. The van der Waals surface area contributed by atoms with Gasteiger partial charge in [-0.15, -0.1) is 0 Å². The van der Waals surface area contributed by atoms with Crippen LogP contribution in [0, 0.1) is 11.6 Å². The van der Waals surface area contributed by atoms with Gasteiger partial charge < -0.3 is 0 Å². The first-order chi connectivity index (χ1) is 14.1. The SMILES string of the molecule is O=c1c2ccccc2nc(C=Cc2ccccc2F)n1N=Cc1ccccc1F. The van der Waals surface area contributed by atoms with E-state index in [0.29, 0.717) is 16.5 Å². The minimum absolute atomic E-state index is 0.199. The van der Waals surface area contributed by atoms with E-state index in [1.807, 2.05) is 0 Å². The summed E-state index contributed by atoms with van der Waals surface area (Å²) in [5.74, 6) is -0.653. The second-order valence-corrected chi connectivity index (χ2v) is 6.23. The summed E-state index contributed by atoms with van der Waals surface area (Å²) in [5, 5.41) is 4.53. The highest BCUT2D eigenvalue weighted by molar-refractivity contribution is 5.81. The first-order valence-corrected chi connectivity index (χ1v) is 8.87. The van der Waals surface area contributed by atoms with Gasteiger partial charge in [-0.2, -0.15) is 9.78 Å². The number of halogens is 2. The van der Waals surface area contributed by atoms with Crippen LogP contribution in [0.3, 0.4) is 0 Å². The zero-order valence-electron chi connectivity index (χ0n) is 15.2. The molecule has 4 aromatic rings. The maximum Gasteiger partial charge on any atom is 0.282 e. The number of fused-ring (bicyclic) bond motifs is 1. The van der Waals surface area contributed by atoms with E-state index in [1.54, 1.807) is 60.7 Å². The number of nitrogens with zero attached hydrogens (tertiary/aromatic N) is 3. The van der Waals surface area contributed by atoms with Gasteiger partial charge in [0.1, 0.15) is 11.6 Å². The van der Waals surface area contributed by atoms with Crippen molar-refractivity contribution in [1.82, 2.24) is 9.66 Å². The zero-order valence-corrected chi connectivity index (χ0v) is 15.2. The van der Waals surface area contributed by atoms with E-state index < -0.39 is 17.2 Å². The summed E-state index contributed by atoms with van der Waals surface area (Å²) in [6, 6.07) is 19.2. The third-order valence-electron chi connectivity index (χ3n) is 4.31. The number of hydrogen-bond acceptors (Lipinski definition) is 3. The van der Waals surface area contributed by atoms with Crippen molar-refractivity contribution in [1.29, 1.82) is 0 Å². The Kier molecular flexibility index (Phi) is 5.07. The fourth-order valence-corrected chi connectivity index (χ4v) is 2.83. The molecule has 0 radical (unpaired) electrons. The fourth-order valence-electron chi connectivity index (χ4n) is 2.83. The largest absolute Gasteiger partial charge is 0.282 e. The van der Waals surface area contributed by atoms with E-state index >= 15 is 0 Å². The standard InChI is InChI=1S/C23H15F2N3O/c24-19-10-4-1-7-16(19)13-14-22-27-21-12-6-3-9-18(21)23(29)28(22)26-15-17-8-2-5-11-20(17)25/h1-15H. The number of benzene rings is 3. The lowest BCUT2D eigenvalue weighted by Crippen LogP contribution is -2.20. The quantitative estimate of drug-likeness (QED) is 0.476. The number of para-hydroxylation sites is 1. The second kappa shape index (κ2) is 7.98. The van der Waals surface area contributed by atoms with Gasteiger partial charge in [-0.3, -0.25) is 4.79 Å². The van der Waals surface area contributed by atoms with Crippen molar-refractivity contribution in [2.24, 2.45) is 5.10 Å². The van der Waals surface area contributed by atoms with Gasteiger partial charge >= 0.3 is 0 Å². The van der Waals surface area contributed by atoms with Gasteiger partial charge in [0.25, 0.3) is 5.56 Å². The summed E-state index contributed by atoms with van der Waals surface area (Å²) in [5.41, 5.74) is 0.663. The summed E-state index contributed by atoms with van der Waals surface area (Å²) in [4.78, 5) is 17.4. The molecule has 0 N–H and O–H groups in total. The van der Waals surface area contributed by atoms with Crippen molar-refractivity contribution >= 4 is 29.3 Å². The molecule has 4 rings (SSSR count). The van der Waals surface area contributed by atoms with Crippen molar-refractivity contribution < 1.29 is 8.78 Å². The van der Waals surface area contributed by atoms with E-state index in [-0.39, 0.29) is 11.4 Å². The van der Waals surface area contributed by atoms with Gasteiger partial charge in [-0.25, -0.2) is 13.8 Å². The topological polar surface area (TPSA) is 47.2 Å². The van der Waals surface area contributed by atoms with Crippen LogP contribution >= 0.6 is 0 Å². The molecule has 6 heteroatoms. The lowest BCUT2D eigenvalue weighted by molar-refractivity contribution is 0.625. The van der Waals surface area contributed by atoms with Crippen LogP contribution in [-0.2, 0) is 0 Å². The molecule has 0 aliphatic rings. The van der Waals surface area contributed by atoms with Crippen LogP contribution in [-0.4, -0.2) is 15.9 Å². The molecular formula is C23H15F2N3O. The van der Waals surface area contributed by atoms with Gasteiger partial charge in [0.2, 0.25) is 0 Å². The maximum absolute atomic E-state index is 13.9. The molecule has 0 aliphatic heterocycles. The normalized spacial score (nSPS) is 11.7. The molecule has 0 spiro atoms. The van der Waals surface area contributed by atoms with E-state index in [4.69, 9.17) is 0 Å². The summed E-state index contributed by atoms with van der Waals surface area (Å²) in [6.07, 6.45) is 4.28. The van der Waals surface area contributed by atoms with Gasteiger partial charge in [-0.05, 0) is 36.4 Å². The maximum atomic E-state index is 13.9. The molecule has 0 saturated carbocycles. The van der Waals surface area contributed by atoms with Crippen molar-refractivity contribution in [3.05, 3.63) is 112 Å². The highest BCUT2D eigenvalue weighted by Crippen LogP contribution is 2.13. The van der Waals surface area contributed by atoms with Crippen LogP contribution in [0.1, 0.15) is 17.0 Å². The van der Waals surface area contributed by atoms with E-state index in [1.165, 1.54) is 30.5 Å². The van der Waals surface area contributed by atoms with Crippen LogP contribution in [0.25, 0.3) is 23.1 Å². The Bertz CT molecular complexity index is 1310. The number of rotatable bonds is 4. The minimum Gasteiger partial charge on any atom is -0.267 e. The summed E-state index contributed by atoms with van der Waals surface area (Å²) < 4.78 is 28.9. The Labute approximate surface area is 165 Å². The number of hydrogen-bond donors (Lipinski definition) is 0. The van der Waals surface area contributed by atoms with Crippen LogP contribution < -0.4 is 5.56 Å². The lowest BCUT2D eigenvalue weighted by Gasteiger charge is -2.06. The highest BCUT2D eigenvalue weighted by atomic mass is 19.1. The molecule has 1 aromatic heterocycles. The lowest BCUT2D eigenvalue weighted by atomic mass is 10.2. The van der Waals surface area contributed by atoms with Crippen molar-refractivity contribution in [2.45, 2.75) is 0 Å². The third-order valence-corrected chi connectivity index (χ3v) is 4.31. The Morgan fingerprint density at radius 2 is 1.41 bits per heavy atom. The van der Waals surface area contributed by atoms with Crippen LogP contribution in [0.15, 0.2) is 82.7 Å². The Morgan fingerprint density at radius 1 is 0.793 bits per heavy atom. The Morgan fingerprint density at radius 3 is 2.14 bits per heavy atom. The summed E-state index contributed by atoms with van der Waals surface area (Å²) in [7, 11) is 0. The molecule has 4 nitrogen and oxygen atoms in total. The van der Waals surface area contributed by atoms with Gasteiger partial charge in [0, 0.05) is 11.1 Å². The molecule has 29 heavy (non-hydrogen) atoms. The molecule has 0 unspecified atom stereocenters. The van der Waals surface area contributed by atoms with Gasteiger partial charge in [0.15, 0.2) is 5.82 Å². The molecule has 0 saturated heterocycles. The van der Waals surface area contributed by atoms with Crippen molar-refractivity contribution in [2.75, 3.05) is 0 Å².